The molecule has 0 heterocycles. The summed E-state index contributed by atoms with van der Waals surface area (Å²) in [6.45, 7) is 28.5. The molecule has 127 heavy (non-hydrogen) atoms. The maximum absolute atomic E-state index is 11.8. The van der Waals surface area contributed by atoms with Crippen molar-refractivity contribution in [1.82, 2.24) is 0 Å². The molecular formula is C106H125NO18S2. The van der Waals surface area contributed by atoms with Gasteiger partial charge in [-0.2, -0.15) is 5.26 Å². The second-order valence-electron chi connectivity index (χ2n) is 32.9. The number of fused-ring (bicyclic) bond motifs is 5. The average Bonchev–Trinajstić information content (AvgIpc) is 1.65. The predicted octanol–water partition coefficient (Wildman–Crippen LogP) is 21.4. The van der Waals surface area contributed by atoms with Gasteiger partial charge in [0, 0.05) is 24.0 Å². The van der Waals surface area contributed by atoms with Crippen LogP contribution in [0.2, 0.25) is 0 Å². The first-order chi connectivity index (χ1) is 60.5. The highest BCUT2D eigenvalue weighted by molar-refractivity contribution is 7.91. The molecule has 12 rings (SSSR count). The number of carbonyl (C=O) groups excluding carboxylic acids is 7. The molecule has 0 aliphatic heterocycles. The number of nitriles is 1. The molecule has 2 aliphatic rings. The van der Waals surface area contributed by atoms with Crippen LogP contribution in [0.15, 0.2) is 284 Å². The first kappa shape index (κ1) is 104. The molecule has 10 aromatic rings. The van der Waals surface area contributed by atoms with Crippen LogP contribution in [-0.2, 0) is 92.8 Å². The van der Waals surface area contributed by atoms with E-state index < -0.39 is 31.7 Å². The monoisotopic (exact) mass is 1760 g/mol. The highest BCUT2D eigenvalue weighted by Gasteiger charge is 2.31. The molecule has 0 aromatic heterocycles. The summed E-state index contributed by atoms with van der Waals surface area (Å²) in [5, 5.41) is 8.99. The molecule has 674 valence electrons. The third-order valence-electron chi connectivity index (χ3n) is 20.2. The predicted molar refractivity (Wildman–Crippen MR) is 498 cm³/mol. The molecule has 0 saturated carbocycles. The van der Waals surface area contributed by atoms with Gasteiger partial charge >= 0.3 is 41.8 Å². The van der Waals surface area contributed by atoms with Gasteiger partial charge in [0.25, 0.3) is 0 Å². The highest BCUT2D eigenvalue weighted by atomic mass is 32.2. The zero-order valence-corrected chi connectivity index (χ0v) is 77.7. The molecule has 3 unspecified atom stereocenters. The molecular weight excluding hydrogens is 1640 g/mol. The van der Waals surface area contributed by atoms with Crippen molar-refractivity contribution in [3.05, 3.63) is 340 Å². The van der Waals surface area contributed by atoms with Crippen molar-refractivity contribution in [2.45, 2.75) is 157 Å². The maximum Gasteiger partial charge on any atom is 0.309 e. The lowest BCUT2D eigenvalue weighted by atomic mass is 9.78. The zero-order chi connectivity index (χ0) is 93.2. The van der Waals surface area contributed by atoms with Gasteiger partial charge < -0.3 is 33.2 Å². The zero-order valence-electron chi connectivity index (χ0n) is 76.0. The minimum Gasteiger partial charge on any atom is -0.464 e. The smallest absolute Gasteiger partial charge is 0.309 e. The largest absolute Gasteiger partial charge is 0.464 e. The van der Waals surface area contributed by atoms with E-state index in [1.54, 1.807) is 84.0 Å². The quantitative estimate of drug-likeness (QED) is 0.0311. The number of rotatable bonds is 29. The van der Waals surface area contributed by atoms with E-state index in [1.807, 2.05) is 178 Å². The molecule has 0 fully saturated rings. The summed E-state index contributed by atoms with van der Waals surface area (Å²) in [7, 11) is -6.58. The maximum atomic E-state index is 11.8. The van der Waals surface area contributed by atoms with Crippen molar-refractivity contribution in [1.29, 1.82) is 5.26 Å². The normalized spacial score (nSPS) is 12.4. The fourth-order valence-corrected chi connectivity index (χ4v) is 14.9. The van der Waals surface area contributed by atoms with Gasteiger partial charge in [-0.25, -0.2) is 16.8 Å². The second kappa shape index (κ2) is 53.4. The third-order valence-corrected chi connectivity index (χ3v) is 22.8. The first-order valence-electron chi connectivity index (χ1n) is 43.2. The van der Waals surface area contributed by atoms with E-state index >= 15 is 0 Å². The first-order valence-corrected chi connectivity index (χ1v) is 46.9. The van der Waals surface area contributed by atoms with Crippen LogP contribution < -0.4 is 0 Å². The van der Waals surface area contributed by atoms with E-state index in [2.05, 4.69) is 115 Å². The van der Waals surface area contributed by atoms with Crippen molar-refractivity contribution in [3.63, 3.8) is 0 Å². The van der Waals surface area contributed by atoms with Gasteiger partial charge in [0.1, 0.15) is 51.2 Å². The summed E-state index contributed by atoms with van der Waals surface area (Å²) >= 11 is 0. The number of carbonyl (C=O) groups is 7. The molecule has 0 amide bonds. The summed E-state index contributed by atoms with van der Waals surface area (Å²) in [5.41, 5.74) is 15.2. The highest BCUT2D eigenvalue weighted by Crippen LogP contribution is 2.45. The summed E-state index contributed by atoms with van der Waals surface area (Å²) in [6, 6.07) is 92.3. The Kier molecular flexibility index (Phi) is 43.6. The summed E-state index contributed by atoms with van der Waals surface area (Å²) < 4.78 is 83.3. The summed E-state index contributed by atoms with van der Waals surface area (Å²) in [6.07, 6.45) is 2.05. The van der Waals surface area contributed by atoms with Crippen molar-refractivity contribution in [2.24, 2.45) is 41.4 Å². The minimum absolute atomic E-state index is 0.0669. The fraction of sp³-hybridized carbons (Fsp3) is 0.358. The number of esters is 7. The van der Waals surface area contributed by atoms with Crippen LogP contribution in [0.1, 0.15) is 207 Å². The van der Waals surface area contributed by atoms with E-state index in [4.69, 9.17) is 38.4 Å². The molecule has 0 saturated heterocycles. The fourth-order valence-electron chi connectivity index (χ4n) is 13.0. The Hall–Kier alpha value is -12.1. The number of ether oxygens (including phenoxy) is 7. The number of hydrogen-bond donors (Lipinski definition) is 0. The molecule has 0 spiro atoms. The summed E-state index contributed by atoms with van der Waals surface area (Å²) in [4.78, 5) is 80.9. The Morgan fingerprint density at radius 1 is 0.346 bits per heavy atom. The van der Waals surface area contributed by atoms with E-state index in [0.29, 0.717) is 25.4 Å². The van der Waals surface area contributed by atoms with Crippen molar-refractivity contribution in [3.8, 4) is 17.2 Å². The third kappa shape index (κ3) is 35.0. The van der Waals surface area contributed by atoms with E-state index in [0.717, 1.165) is 41.4 Å². The number of nitrogens with zero attached hydrogens (tertiary/aromatic N) is 1. The van der Waals surface area contributed by atoms with Gasteiger partial charge in [0.05, 0.1) is 63.9 Å². The lowest BCUT2D eigenvalue weighted by Gasteiger charge is -2.28. The Labute approximate surface area is 752 Å². The van der Waals surface area contributed by atoms with Gasteiger partial charge in [-0.3, -0.25) is 33.6 Å². The van der Waals surface area contributed by atoms with E-state index in [-0.39, 0.29) is 137 Å². The molecule has 2 aliphatic carbocycles. The van der Waals surface area contributed by atoms with Crippen LogP contribution in [-0.4, -0.2) is 109 Å². The Morgan fingerprint density at radius 3 is 1.02 bits per heavy atom. The number of benzene rings is 10. The SMILES string of the molecule is CC(C)C(=O)OC(CS(C)(=O)=O)c1ccccc1.CC(C)C(=O)OCC(C#N)c1ccccc1.CC(C)C(=O)OCC(c1ccccc1)c1ccccc1.CC(C)C(=O)OCC1c2ccccc2-c2ccccc21.CC(C)C(=O)OCC1c2ccccc2Cc2ccccc21.CC(C)C(=O)OCCS(=O)(=O)c1ccccc1.CCC(OC(=O)C(C)C)c1ccccc1. The molecule has 0 radical (unpaired) electrons. The molecule has 19 nitrogen and oxygen atoms in total. The Balaban J connectivity index is 0.000000229. The minimum atomic E-state index is -3.36. The van der Waals surface area contributed by atoms with Gasteiger partial charge in [-0.1, -0.05) is 371 Å². The van der Waals surface area contributed by atoms with Gasteiger partial charge in [-0.05, 0) is 97.3 Å². The molecule has 3 atom stereocenters. The van der Waals surface area contributed by atoms with Crippen molar-refractivity contribution < 1.29 is 83.6 Å². The topological polar surface area (TPSA) is 276 Å². The Bertz CT molecular complexity index is 5180. The van der Waals surface area contributed by atoms with Crippen LogP contribution in [0.5, 0.6) is 0 Å². The van der Waals surface area contributed by atoms with Crippen LogP contribution in [0, 0.1) is 52.8 Å². The van der Waals surface area contributed by atoms with Crippen LogP contribution >= 0.6 is 0 Å². The number of hydrogen-bond acceptors (Lipinski definition) is 19. The second-order valence-corrected chi connectivity index (χ2v) is 37.2. The van der Waals surface area contributed by atoms with Gasteiger partial charge in [0.15, 0.2) is 19.7 Å². The van der Waals surface area contributed by atoms with E-state index in [1.165, 1.54) is 56.6 Å². The Morgan fingerprint density at radius 2 is 0.646 bits per heavy atom. The number of sulfone groups is 2. The van der Waals surface area contributed by atoms with Crippen molar-refractivity contribution >= 4 is 61.5 Å². The molecule has 10 aromatic carbocycles. The van der Waals surface area contributed by atoms with Crippen LogP contribution in [0.25, 0.3) is 11.1 Å². The molecule has 21 heteroatoms. The lowest BCUT2D eigenvalue weighted by Crippen LogP contribution is -2.22. The van der Waals surface area contributed by atoms with Gasteiger partial charge in [0.2, 0.25) is 0 Å². The average molecular weight is 1770 g/mol. The molecule has 0 bridgehead atoms. The molecule has 0 N–H and O–H groups in total. The summed E-state index contributed by atoms with van der Waals surface area (Å²) in [5.74, 6) is -2.98. The lowest BCUT2D eigenvalue weighted by molar-refractivity contribution is -0.154. The standard InChI is InChI=1S/C19H20O2.C18H18O2.C18H20O2.C13H15NO2.C13H18O4S.C13H18O2.C12H16O4S/c1-13(2)19(20)21-12-18-16-9-5-3-7-14(16)11-15-8-4-6-10-17(15)18;1-12(2)18(19)20-11-17-15-9-5-3-7-13(15)14-8-4-6-10-16(14)17;1-14(2)18(19)20-13-17(15-9-5-3-6-10-15)16-11-7-4-8-12-16;1-10(2)13(15)16-9-12(8-14)11-6-4-3-5-7-11;1-10(2)13(14)17-12(9-18(3,15)16)11-7-5-4-6-8-11;1-4-12(15-13(14)10(2)3)11-8-6-5-7-9-11;1-10(2)12(13)16-8-9-17(14,15)11-6-4-3-5-7-11/h3-10,13,18H,11-12H2,1-2H3;3-10,12,17H,11H2,1-2H3;3-12,14,17H,13H2,1-2H3;3-7,10,12H,9H2,1-2H3;4-8,10,12H,9H2,1-3H3;5-10,12H,4H2,1-3H3;3-7,10H,8-9H2,1-2H3. The van der Waals surface area contributed by atoms with Crippen LogP contribution in [0.3, 0.4) is 0 Å². The van der Waals surface area contributed by atoms with Crippen LogP contribution in [0.4, 0.5) is 0 Å². The van der Waals surface area contributed by atoms with Gasteiger partial charge in [-0.15, -0.1) is 0 Å². The van der Waals surface area contributed by atoms with E-state index in [9.17, 15) is 50.4 Å². The van der Waals surface area contributed by atoms with Crippen molar-refractivity contribution in [2.75, 3.05) is 50.8 Å².